The van der Waals surface area contributed by atoms with Crippen LogP contribution in [-0.4, -0.2) is 29.4 Å². The van der Waals surface area contributed by atoms with E-state index in [1.807, 2.05) is 0 Å². The molecule has 154 valence electrons. The zero-order valence-corrected chi connectivity index (χ0v) is 16.7. The minimum absolute atomic E-state index is 0.00572. The van der Waals surface area contributed by atoms with Crippen LogP contribution in [0.1, 0.15) is 29.3 Å². The van der Waals surface area contributed by atoms with Crippen LogP contribution in [0, 0.1) is 5.82 Å². The number of halogens is 3. The average molecular weight is 443 g/mol. The minimum Gasteiger partial charge on any atom is -0.486 e. The Morgan fingerprint density at radius 2 is 1.83 bits per heavy atom. The predicted octanol–water partition coefficient (Wildman–Crippen LogP) is 3.87. The van der Waals surface area contributed by atoms with Gasteiger partial charge in [-0.25, -0.2) is 4.39 Å². The van der Waals surface area contributed by atoms with E-state index in [2.05, 4.69) is 10.6 Å². The Kier molecular flexibility index (Phi) is 7.81. The molecule has 29 heavy (non-hydrogen) atoms. The number of aliphatic carboxylic acids is 1. The highest BCUT2D eigenvalue weighted by molar-refractivity contribution is 6.37. The first-order valence-electron chi connectivity index (χ1n) is 8.42. The van der Waals surface area contributed by atoms with Crippen LogP contribution < -0.4 is 15.4 Å². The van der Waals surface area contributed by atoms with Crippen molar-refractivity contribution in [3.05, 3.63) is 57.3 Å². The number of ether oxygens (including phenoxy) is 1. The van der Waals surface area contributed by atoms with Gasteiger partial charge in [-0.05, 0) is 18.2 Å². The fraction of sp³-hybridized carbons (Fsp3) is 0.211. The number of hydrogen-bond donors (Lipinski definition) is 3. The molecule has 2 amide bonds. The molecule has 0 aliphatic heterocycles. The monoisotopic (exact) mass is 442 g/mol. The van der Waals surface area contributed by atoms with Gasteiger partial charge in [0.2, 0.25) is 5.91 Å². The molecule has 0 aliphatic carbocycles. The van der Waals surface area contributed by atoms with Crippen LogP contribution in [0.25, 0.3) is 0 Å². The maximum absolute atomic E-state index is 14.5. The van der Waals surface area contributed by atoms with Gasteiger partial charge in [0, 0.05) is 17.5 Å². The van der Waals surface area contributed by atoms with E-state index in [4.69, 9.17) is 33.0 Å². The van der Waals surface area contributed by atoms with Gasteiger partial charge in [-0.2, -0.15) is 0 Å². The largest absolute Gasteiger partial charge is 0.486 e. The molecule has 3 N–H and O–H groups in total. The fourth-order valence-electron chi connectivity index (χ4n) is 2.26. The fourth-order valence-corrected chi connectivity index (χ4v) is 2.86. The molecule has 0 fully saturated rings. The van der Waals surface area contributed by atoms with Gasteiger partial charge < -0.3 is 20.5 Å². The number of rotatable bonds is 8. The van der Waals surface area contributed by atoms with Crippen LogP contribution in [0.3, 0.4) is 0 Å². The standard InChI is InChI=1S/C19H17Cl2FN2O5/c1-2-15(25)24-14-5-3-4-10(17(14)22)9-29-18-12(20)6-11(7-13(18)21)19(28)23-8-16(26)27/h3-7H,2,8-9H2,1H3,(H,23,28)(H,24,25)(H,26,27). The molecular formula is C19H17Cl2FN2O5. The lowest BCUT2D eigenvalue weighted by atomic mass is 10.2. The Morgan fingerprint density at radius 3 is 2.41 bits per heavy atom. The lowest BCUT2D eigenvalue weighted by Gasteiger charge is -2.13. The van der Waals surface area contributed by atoms with Crippen molar-refractivity contribution in [1.29, 1.82) is 0 Å². The van der Waals surface area contributed by atoms with E-state index in [-0.39, 0.29) is 51.5 Å². The van der Waals surface area contributed by atoms with Gasteiger partial charge in [-0.3, -0.25) is 14.4 Å². The van der Waals surface area contributed by atoms with Crippen LogP contribution in [-0.2, 0) is 16.2 Å². The number of hydrogen-bond acceptors (Lipinski definition) is 4. The summed E-state index contributed by atoms with van der Waals surface area (Å²) in [7, 11) is 0. The molecule has 0 spiro atoms. The summed E-state index contributed by atoms with van der Waals surface area (Å²) in [6.07, 6.45) is 0.206. The summed E-state index contributed by atoms with van der Waals surface area (Å²) in [5.41, 5.74) is 0.235. The second-order valence-corrected chi connectivity index (χ2v) is 6.63. The molecule has 10 heteroatoms. The normalized spacial score (nSPS) is 10.3. The molecule has 0 saturated heterocycles. The van der Waals surface area contributed by atoms with Crippen LogP contribution in [0.2, 0.25) is 10.0 Å². The van der Waals surface area contributed by atoms with Crippen molar-refractivity contribution >= 4 is 46.7 Å². The maximum atomic E-state index is 14.5. The summed E-state index contributed by atoms with van der Waals surface area (Å²) < 4.78 is 20.0. The summed E-state index contributed by atoms with van der Waals surface area (Å²) in [6, 6.07) is 6.98. The number of carboxylic acids is 1. The van der Waals surface area contributed by atoms with E-state index >= 15 is 0 Å². The Bertz CT molecular complexity index is 929. The molecule has 2 aromatic rings. The van der Waals surface area contributed by atoms with Crippen LogP contribution in [0.5, 0.6) is 5.75 Å². The molecule has 0 atom stereocenters. The zero-order valence-electron chi connectivity index (χ0n) is 15.2. The first-order valence-corrected chi connectivity index (χ1v) is 9.17. The minimum atomic E-state index is -1.20. The van der Waals surface area contributed by atoms with Crippen molar-refractivity contribution in [2.45, 2.75) is 20.0 Å². The highest BCUT2D eigenvalue weighted by Gasteiger charge is 2.16. The second-order valence-electron chi connectivity index (χ2n) is 5.81. The van der Waals surface area contributed by atoms with Crippen LogP contribution >= 0.6 is 23.2 Å². The van der Waals surface area contributed by atoms with Crippen molar-refractivity contribution in [3.63, 3.8) is 0 Å². The third-order valence-electron chi connectivity index (χ3n) is 3.71. The first-order chi connectivity index (χ1) is 13.7. The summed E-state index contributed by atoms with van der Waals surface area (Å²) in [5.74, 6) is -2.82. The van der Waals surface area contributed by atoms with Gasteiger partial charge in [0.1, 0.15) is 13.2 Å². The van der Waals surface area contributed by atoms with Gasteiger partial charge in [-0.1, -0.05) is 42.3 Å². The molecule has 0 saturated carbocycles. The lowest BCUT2D eigenvalue weighted by Crippen LogP contribution is -2.29. The van der Waals surface area contributed by atoms with Gasteiger partial charge in [0.25, 0.3) is 5.91 Å². The summed E-state index contributed by atoms with van der Waals surface area (Å²) in [6.45, 7) is 0.859. The smallest absolute Gasteiger partial charge is 0.322 e. The third kappa shape index (κ3) is 6.07. The van der Waals surface area contributed by atoms with E-state index < -0.39 is 24.2 Å². The van der Waals surface area contributed by atoms with E-state index in [9.17, 15) is 18.8 Å². The van der Waals surface area contributed by atoms with Gasteiger partial charge in [0.05, 0.1) is 15.7 Å². The quantitative estimate of drug-likeness (QED) is 0.575. The summed E-state index contributed by atoms with van der Waals surface area (Å²) >= 11 is 12.2. The van der Waals surface area contributed by atoms with Crippen LogP contribution in [0.15, 0.2) is 30.3 Å². The SMILES string of the molecule is CCC(=O)Nc1cccc(COc2c(Cl)cc(C(=O)NCC(=O)O)cc2Cl)c1F. The highest BCUT2D eigenvalue weighted by atomic mass is 35.5. The van der Waals surface area contributed by atoms with Crippen molar-refractivity contribution in [3.8, 4) is 5.75 Å². The number of carbonyl (C=O) groups excluding carboxylic acids is 2. The van der Waals surface area contributed by atoms with Gasteiger partial charge in [0.15, 0.2) is 11.6 Å². The molecule has 0 radical (unpaired) electrons. The zero-order chi connectivity index (χ0) is 21.6. The second kappa shape index (κ2) is 10.1. The van der Waals surface area contributed by atoms with E-state index in [1.165, 1.54) is 24.3 Å². The number of amides is 2. The molecule has 2 aromatic carbocycles. The lowest BCUT2D eigenvalue weighted by molar-refractivity contribution is -0.135. The molecule has 0 bridgehead atoms. The molecule has 0 aromatic heterocycles. The number of benzene rings is 2. The van der Waals surface area contributed by atoms with Crippen molar-refractivity contribution in [2.75, 3.05) is 11.9 Å². The van der Waals surface area contributed by atoms with E-state index in [1.54, 1.807) is 13.0 Å². The molecule has 7 nitrogen and oxygen atoms in total. The van der Waals surface area contributed by atoms with E-state index in [0.717, 1.165) is 0 Å². The Balaban J connectivity index is 2.15. The average Bonchev–Trinajstić information content (AvgIpc) is 2.67. The Labute approximate surface area is 175 Å². The highest BCUT2D eigenvalue weighted by Crippen LogP contribution is 2.35. The molecule has 2 rings (SSSR count). The van der Waals surface area contributed by atoms with Crippen molar-refractivity contribution in [2.24, 2.45) is 0 Å². The van der Waals surface area contributed by atoms with Gasteiger partial charge >= 0.3 is 5.97 Å². The van der Waals surface area contributed by atoms with Crippen molar-refractivity contribution in [1.82, 2.24) is 5.32 Å². The molecule has 0 heterocycles. The van der Waals surface area contributed by atoms with Crippen LogP contribution in [0.4, 0.5) is 10.1 Å². The number of nitrogens with one attached hydrogen (secondary N) is 2. The number of carbonyl (C=O) groups is 3. The maximum Gasteiger partial charge on any atom is 0.322 e. The Morgan fingerprint density at radius 1 is 1.17 bits per heavy atom. The summed E-state index contributed by atoms with van der Waals surface area (Å²) in [5, 5.41) is 13.2. The number of carboxylic acid groups (broad SMARTS) is 1. The predicted molar refractivity (Wildman–Crippen MR) is 106 cm³/mol. The molecule has 0 unspecified atom stereocenters. The number of anilines is 1. The molecular weight excluding hydrogens is 426 g/mol. The first kappa shape index (κ1) is 22.4. The Hall–Kier alpha value is -2.84. The summed E-state index contributed by atoms with van der Waals surface area (Å²) in [4.78, 5) is 33.9. The van der Waals surface area contributed by atoms with E-state index in [0.29, 0.717) is 0 Å². The molecule has 0 aliphatic rings. The van der Waals surface area contributed by atoms with Gasteiger partial charge in [-0.15, -0.1) is 0 Å². The van der Waals surface area contributed by atoms with Crippen molar-refractivity contribution < 1.29 is 28.6 Å². The topological polar surface area (TPSA) is 105 Å². The third-order valence-corrected chi connectivity index (χ3v) is 4.27.